The van der Waals surface area contributed by atoms with Gasteiger partial charge in [0.2, 0.25) is 0 Å². The van der Waals surface area contributed by atoms with E-state index in [0.717, 1.165) is 22.4 Å². The maximum atomic E-state index is 12.3. The number of nitrogens with zero attached hydrogens (tertiary/aromatic N) is 1. The van der Waals surface area contributed by atoms with Gasteiger partial charge >= 0.3 is 0 Å². The molecular formula is C23H21ClN2O3. The minimum atomic E-state index is -0.714. The van der Waals surface area contributed by atoms with E-state index in [2.05, 4.69) is 10.5 Å². The fourth-order valence-electron chi connectivity index (χ4n) is 2.68. The minimum Gasteiger partial charge on any atom is -0.489 e. The molecule has 1 atom stereocenters. The number of hydrogen-bond acceptors (Lipinski definition) is 4. The second-order valence-corrected chi connectivity index (χ2v) is 6.62. The van der Waals surface area contributed by atoms with Crippen LogP contribution in [-0.2, 0) is 16.1 Å². The highest BCUT2D eigenvalue weighted by atomic mass is 35.5. The molecule has 3 rings (SSSR count). The van der Waals surface area contributed by atoms with Crippen molar-refractivity contribution in [2.45, 2.75) is 12.7 Å². The number of halogens is 1. The van der Waals surface area contributed by atoms with Crippen molar-refractivity contribution in [2.75, 3.05) is 7.11 Å². The highest BCUT2D eigenvalue weighted by molar-refractivity contribution is 6.31. The van der Waals surface area contributed by atoms with Gasteiger partial charge in [-0.1, -0.05) is 60.1 Å². The first kappa shape index (κ1) is 20.6. The van der Waals surface area contributed by atoms with Gasteiger partial charge in [-0.2, -0.15) is 5.10 Å². The second kappa shape index (κ2) is 10.4. The molecule has 0 saturated carbocycles. The summed E-state index contributed by atoms with van der Waals surface area (Å²) in [6.45, 7) is 0.390. The monoisotopic (exact) mass is 408 g/mol. The molecule has 1 amide bonds. The Morgan fingerprint density at radius 1 is 1.03 bits per heavy atom. The lowest BCUT2D eigenvalue weighted by molar-refractivity contribution is -0.131. The molecule has 0 unspecified atom stereocenters. The topological polar surface area (TPSA) is 59.9 Å². The molecule has 0 spiro atoms. The fourth-order valence-corrected chi connectivity index (χ4v) is 2.87. The van der Waals surface area contributed by atoms with Crippen molar-refractivity contribution in [3.05, 3.63) is 101 Å². The van der Waals surface area contributed by atoms with Gasteiger partial charge in [-0.3, -0.25) is 4.79 Å². The lowest BCUT2D eigenvalue weighted by Crippen LogP contribution is -2.26. The predicted molar refractivity (Wildman–Crippen MR) is 114 cm³/mol. The first-order valence-corrected chi connectivity index (χ1v) is 9.42. The lowest BCUT2D eigenvalue weighted by atomic mass is 10.1. The number of amides is 1. The zero-order valence-electron chi connectivity index (χ0n) is 15.9. The summed E-state index contributed by atoms with van der Waals surface area (Å²) in [4.78, 5) is 12.3. The van der Waals surface area contributed by atoms with E-state index in [1.807, 2.05) is 78.9 Å². The largest absolute Gasteiger partial charge is 0.489 e. The van der Waals surface area contributed by atoms with E-state index in [4.69, 9.17) is 21.1 Å². The number of methoxy groups -OCH3 is 1. The van der Waals surface area contributed by atoms with Crippen LogP contribution in [-0.4, -0.2) is 19.2 Å². The van der Waals surface area contributed by atoms with E-state index in [0.29, 0.717) is 11.6 Å². The predicted octanol–water partition coefficient (Wildman–Crippen LogP) is 4.76. The Morgan fingerprint density at radius 3 is 2.41 bits per heavy atom. The third kappa shape index (κ3) is 5.91. The molecule has 148 valence electrons. The molecule has 0 aliphatic heterocycles. The summed E-state index contributed by atoms with van der Waals surface area (Å²) in [5.74, 6) is 0.379. The van der Waals surface area contributed by atoms with Gasteiger partial charge in [0.15, 0.2) is 6.10 Å². The van der Waals surface area contributed by atoms with Gasteiger partial charge in [0.05, 0.1) is 6.21 Å². The Morgan fingerprint density at radius 2 is 1.72 bits per heavy atom. The van der Waals surface area contributed by atoms with Crippen LogP contribution in [0.5, 0.6) is 5.75 Å². The van der Waals surface area contributed by atoms with Crippen LogP contribution >= 0.6 is 11.6 Å². The molecule has 0 fully saturated rings. The number of hydrogen-bond donors (Lipinski definition) is 1. The third-order valence-electron chi connectivity index (χ3n) is 4.20. The van der Waals surface area contributed by atoms with E-state index in [-0.39, 0.29) is 5.91 Å². The Balaban J connectivity index is 1.53. The molecule has 0 saturated heterocycles. The third-order valence-corrected chi connectivity index (χ3v) is 4.57. The van der Waals surface area contributed by atoms with Crippen molar-refractivity contribution in [3.63, 3.8) is 0 Å². The highest BCUT2D eigenvalue weighted by Gasteiger charge is 2.19. The molecule has 0 aliphatic rings. The molecule has 3 aromatic carbocycles. The quantitative estimate of drug-likeness (QED) is 0.432. The van der Waals surface area contributed by atoms with Crippen LogP contribution in [0.25, 0.3) is 0 Å². The Hall–Kier alpha value is -3.15. The normalized spacial score (nSPS) is 11.9. The van der Waals surface area contributed by atoms with E-state index in [1.54, 1.807) is 6.21 Å². The summed E-state index contributed by atoms with van der Waals surface area (Å²) in [6, 6.07) is 24.2. The number of carbonyl (C=O) groups is 1. The van der Waals surface area contributed by atoms with E-state index in [1.165, 1.54) is 7.11 Å². The average Bonchev–Trinajstić information content (AvgIpc) is 2.75. The first-order chi connectivity index (χ1) is 14.2. The smallest absolute Gasteiger partial charge is 0.273 e. The lowest BCUT2D eigenvalue weighted by Gasteiger charge is -2.13. The van der Waals surface area contributed by atoms with Gasteiger partial charge in [0.1, 0.15) is 12.4 Å². The standard InChI is InChI=1S/C23H21ClN2O3/c1-28-22(18-7-3-2-4-8-18)23(27)26-25-15-17-11-13-20(14-12-17)29-16-19-9-5-6-10-21(19)24/h2-15,22H,16H2,1H3,(H,26,27)/b25-15-/t22-/m1/s1. The highest BCUT2D eigenvalue weighted by Crippen LogP contribution is 2.19. The Kier molecular flexibility index (Phi) is 7.39. The molecule has 0 bridgehead atoms. The average molecular weight is 409 g/mol. The van der Waals surface area contributed by atoms with Gasteiger partial charge in [0.25, 0.3) is 5.91 Å². The number of carbonyl (C=O) groups excluding carboxylic acids is 1. The van der Waals surface area contributed by atoms with Gasteiger partial charge in [0, 0.05) is 17.7 Å². The number of nitrogens with one attached hydrogen (secondary N) is 1. The van der Waals surface area contributed by atoms with Crippen molar-refractivity contribution in [3.8, 4) is 5.75 Å². The summed E-state index contributed by atoms with van der Waals surface area (Å²) < 4.78 is 11.0. The number of ether oxygens (including phenoxy) is 2. The zero-order chi connectivity index (χ0) is 20.5. The second-order valence-electron chi connectivity index (χ2n) is 6.21. The Bertz CT molecular complexity index is 959. The van der Waals surface area contributed by atoms with E-state index in [9.17, 15) is 4.79 Å². The maximum Gasteiger partial charge on any atom is 0.273 e. The Labute approximate surface area is 174 Å². The van der Waals surface area contributed by atoms with Crippen molar-refractivity contribution < 1.29 is 14.3 Å². The van der Waals surface area contributed by atoms with E-state index >= 15 is 0 Å². The van der Waals surface area contributed by atoms with Crippen molar-refractivity contribution in [2.24, 2.45) is 5.10 Å². The van der Waals surface area contributed by atoms with Crippen LogP contribution in [0.2, 0.25) is 5.02 Å². The van der Waals surface area contributed by atoms with Gasteiger partial charge in [-0.15, -0.1) is 0 Å². The fraction of sp³-hybridized carbons (Fsp3) is 0.130. The molecule has 0 heterocycles. The number of hydrazone groups is 1. The van der Waals surface area contributed by atoms with Crippen LogP contribution in [0.1, 0.15) is 22.8 Å². The molecule has 0 radical (unpaired) electrons. The van der Waals surface area contributed by atoms with Crippen LogP contribution in [0.4, 0.5) is 0 Å². The summed E-state index contributed by atoms with van der Waals surface area (Å²) in [5, 5.41) is 4.69. The van der Waals surface area contributed by atoms with Crippen molar-refractivity contribution >= 4 is 23.7 Å². The van der Waals surface area contributed by atoms with Crippen LogP contribution < -0.4 is 10.2 Å². The molecular weight excluding hydrogens is 388 g/mol. The van der Waals surface area contributed by atoms with Crippen LogP contribution in [0.15, 0.2) is 84.0 Å². The SMILES string of the molecule is CO[C@@H](C(=O)N/N=C\c1ccc(OCc2ccccc2Cl)cc1)c1ccccc1. The van der Waals surface area contributed by atoms with Crippen LogP contribution in [0.3, 0.4) is 0 Å². The molecule has 3 aromatic rings. The number of rotatable bonds is 8. The molecule has 1 N–H and O–H groups in total. The zero-order valence-corrected chi connectivity index (χ0v) is 16.7. The van der Waals surface area contributed by atoms with Crippen LogP contribution in [0, 0.1) is 0 Å². The summed E-state index contributed by atoms with van der Waals surface area (Å²) >= 11 is 6.13. The van der Waals surface area contributed by atoms with E-state index < -0.39 is 6.10 Å². The maximum absolute atomic E-state index is 12.3. The van der Waals surface area contributed by atoms with Gasteiger partial charge < -0.3 is 9.47 Å². The van der Waals surface area contributed by atoms with Gasteiger partial charge in [-0.05, 0) is 41.5 Å². The first-order valence-electron chi connectivity index (χ1n) is 9.04. The molecule has 29 heavy (non-hydrogen) atoms. The summed E-state index contributed by atoms with van der Waals surface area (Å²) in [5.41, 5.74) is 5.02. The molecule has 5 nitrogen and oxygen atoms in total. The summed E-state index contributed by atoms with van der Waals surface area (Å²) in [7, 11) is 1.49. The number of benzene rings is 3. The molecule has 0 aromatic heterocycles. The summed E-state index contributed by atoms with van der Waals surface area (Å²) in [6.07, 6.45) is 0.849. The molecule has 6 heteroatoms. The van der Waals surface area contributed by atoms with Crippen molar-refractivity contribution in [1.29, 1.82) is 0 Å². The van der Waals surface area contributed by atoms with Crippen molar-refractivity contribution in [1.82, 2.24) is 5.43 Å². The van der Waals surface area contributed by atoms with Gasteiger partial charge in [-0.25, -0.2) is 5.43 Å². The molecule has 0 aliphatic carbocycles. The minimum absolute atomic E-state index is 0.338.